The van der Waals surface area contributed by atoms with Crippen molar-refractivity contribution in [3.8, 4) is 0 Å². The molecule has 0 atom stereocenters. The number of aromatic nitrogens is 3. The van der Waals surface area contributed by atoms with Gasteiger partial charge in [-0.3, -0.25) is 0 Å². The molecule has 4 heteroatoms. The highest BCUT2D eigenvalue weighted by Crippen LogP contribution is 2.02. The van der Waals surface area contributed by atoms with Gasteiger partial charge in [0, 0.05) is 19.8 Å². The molecule has 1 heterocycles. The topological polar surface area (TPSA) is 41.9 Å². The molecule has 0 amide bonds. The zero-order valence-corrected chi connectivity index (χ0v) is 7.52. The summed E-state index contributed by atoms with van der Waals surface area (Å²) in [5.41, 5.74) is 1.96. The molecule has 1 aromatic rings. The van der Waals surface area contributed by atoms with Crippen LogP contribution < -0.4 is 0 Å². The third-order valence-corrected chi connectivity index (χ3v) is 1.58. The van der Waals surface area contributed by atoms with E-state index in [-0.39, 0.29) is 0 Å². The van der Waals surface area contributed by atoms with Crippen LogP contribution in [-0.4, -0.2) is 34.2 Å². The van der Waals surface area contributed by atoms with Crippen molar-refractivity contribution in [1.82, 2.24) is 20.1 Å². The average Bonchev–Trinajstić information content (AvgIpc) is 2.06. The first-order valence-electron chi connectivity index (χ1n) is 3.68. The zero-order valence-electron chi connectivity index (χ0n) is 7.52. The Morgan fingerprint density at radius 1 is 1.42 bits per heavy atom. The highest BCUT2D eigenvalue weighted by molar-refractivity contribution is 5.45. The Bertz CT molecular complexity index is 266. The van der Waals surface area contributed by atoms with Crippen LogP contribution in [0.5, 0.6) is 0 Å². The minimum Gasteiger partial charge on any atom is -0.381 e. The number of hydrogen-bond donors (Lipinski definition) is 0. The fourth-order valence-corrected chi connectivity index (χ4v) is 0.666. The van der Waals surface area contributed by atoms with E-state index in [9.17, 15) is 0 Å². The molecule has 0 spiro atoms. The predicted octanol–water partition coefficient (Wildman–Crippen LogP) is 0.794. The van der Waals surface area contributed by atoms with Crippen LogP contribution in [0.4, 0.5) is 0 Å². The highest BCUT2D eigenvalue weighted by Gasteiger charge is 1.92. The van der Waals surface area contributed by atoms with E-state index in [1.165, 1.54) is 6.33 Å². The fraction of sp³-hybridized carbons (Fsp3) is 0.375. The molecule has 0 bridgehead atoms. The van der Waals surface area contributed by atoms with Gasteiger partial charge in [-0.2, -0.15) is 5.10 Å². The van der Waals surface area contributed by atoms with Gasteiger partial charge >= 0.3 is 0 Å². The summed E-state index contributed by atoms with van der Waals surface area (Å²) in [5, 5.41) is 7.32. The van der Waals surface area contributed by atoms with E-state index < -0.39 is 0 Å². The van der Waals surface area contributed by atoms with E-state index in [1.54, 1.807) is 6.20 Å². The van der Waals surface area contributed by atoms with Crippen LogP contribution in [0.25, 0.3) is 6.08 Å². The summed E-state index contributed by atoms with van der Waals surface area (Å²) in [7, 11) is 3.97. The van der Waals surface area contributed by atoms with Gasteiger partial charge in [-0.1, -0.05) is 0 Å². The number of nitrogens with zero attached hydrogens (tertiary/aromatic N) is 4. The van der Waals surface area contributed by atoms with E-state index in [0.717, 1.165) is 11.4 Å². The molecular formula is C8H12N4. The summed E-state index contributed by atoms with van der Waals surface area (Å²) in [6, 6.07) is 0. The largest absolute Gasteiger partial charge is 0.381 e. The first kappa shape index (κ1) is 8.64. The molecule has 1 aromatic heterocycles. The molecule has 1 rings (SSSR count). The minimum absolute atomic E-state index is 0.830. The average molecular weight is 164 g/mol. The Labute approximate surface area is 72.0 Å². The molecular weight excluding hydrogens is 152 g/mol. The van der Waals surface area contributed by atoms with Gasteiger partial charge in [0.05, 0.1) is 11.9 Å². The molecule has 0 fully saturated rings. The zero-order chi connectivity index (χ0) is 8.97. The van der Waals surface area contributed by atoms with E-state index in [4.69, 9.17) is 0 Å². The summed E-state index contributed by atoms with van der Waals surface area (Å²) in [4.78, 5) is 6.04. The summed E-state index contributed by atoms with van der Waals surface area (Å²) in [6.07, 6.45) is 5.02. The van der Waals surface area contributed by atoms with Crippen LogP contribution in [0.3, 0.4) is 0 Å². The van der Waals surface area contributed by atoms with Crippen molar-refractivity contribution in [3.05, 3.63) is 23.9 Å². The second-order valence-corrected chi connectivity index (χ2v) is 2.71. The molecule has 0 aliphatic carbocycles. The van der Waals surface area contributed by atoms with Crippen LogP contribution in [-0.2, 0) is 0 Å². The smallest absolute Gasteiger partial charge is 0.138 e. The first-order chi connectivity index (χ1) is 5.70. The van der Waals surface area contributed by atoms with E-state index in [2.05, 4.69) is 15.2 Å². The van der Waals surface area contributed by atoms with Crippen molar-refractivity contribution in [2.45, 2.75) is 6.92 Å². The second kappa shape index (κ2) is 3.80. The van der Waals surface area contributed by atoms with Gasteiger partial charge in [-0.15, -0.1) is 5.10 Å². The van der Waals surface area contributed by atoms with Gasteiger partial charge in [-0.05, 0) is 13.0 Å². The van der Waals surface area contributed by atoms with Crippen molar-refractivity contribution in [1.29, 1.82) is 0 Å². The molecule has 0 aromatic carbocycles. The normalized spacial score (nSPS) is 11.4. The molecule has 64 valence electrons. The Morgan fingerprint density at radius 3 is 2.67 bits per heavy atom. The van der Waals surface area contributed by atoms with Crippen molar-refractivity contribution < 1.29 is 0 Å². The lowest BCUT2D eigenvalue weighted by Crippen LogP contribution is -2.07. The van der Waals surface area contributed by atoms with Crippen molar-refractivity contribution in [3.63, 3.8) is 0 Å². The summed E-state index contributed by atoms with van der Waals surface area (Å²) >= 11 is 0. The molecule has 0 radical (unpaired) electrons. The van der Waals surface area contributed by atoms with Crippen LogP contribution >= 0.6 is 0 Å². The Balaban J connectivity index is 2.81. The molecule has 0 aliphatic rings. The van der Waals surface area contributed by atoms with Crippen LogP contribution in [0.15, 0.2) is 18.2 Å². The van der Waals surface area contributed by atoms with Crippen LogP contribution in [0.1, 0.15) is 12.6 Å². The molecule has 0 N–H and O–H groups in total. The summed E-state index contributed by atoms with van der Waals surface area (Å²) in [6.45, 7) is 2.02. The van der Waals surface area contributed by atoms with Gasteiger partial charge in [0.25, 0.3) is 0 Å². The van der Waals surface area contributed by atoms with Crippen LogP contribution in [0, 0.1) is 0 Å². The third kappa shape index (κ3) is 2.30. The van der Waals surface area contributed by atoms with Gasteiger partial charge in [-0.25, -0.2) is 4.98 Å². The number of hydrogen-bond acceptors (Lipinski definition) is 4. The first-order valence-corrected chi connectivity index (χ1v) is 3.68. The minimum atomic E-state index is 0.830. The van der Waals surface area contributed by atoms with Crippen molar-refractivity contribution in [2.24, 2.45) is 0 Å². The Kier molecular flexibility index (Phi) is 2.74. The summed E-state index contributed by atoms with van der Waals surface area (Å²) in [5.74, 6) is 0. The van der Waals surface area contributed by atoms with Gasteiger partial charge in [0.1, 0.15) is 6.33 Å². The number of allylic oxidation sites excluding steroid dienone is 1. The van der Waals surface area contributed by atoms with Gasteiger partial charge < -0.3 is 4.90 Å². The second-order valence-electron chi connectivity index (χ2n) is 2.71. The van der Waals surface area contributed by atoms with Crippen LogP contribution in [0.2, 0.25) is 0 Å². The molecule has 0 saturated carbocycles. The lowest BCUT2D eigenvalue weighted by molar-refractivity contribution is 0.518. The van der Waals surface area contributed by atoms with Crippen molar-refractivity contribution >= 4 is 6.08 Å². The molecule has 0 unspecified atom stereocenters. The molecule has 0 saturated heterocycles. The van der Waals surface area contributed by atoms with E-state index in [1.807, 2.05) is 32.0 Å². The van der Waals surface area contributed by atoms with E-state index >= 15 is 0 Å². The lowest BCUT2D eigenvalue weighted by Gasteiger charge is -2.11. The molecule has 12 heavy (non-hydrogen) atoms. The standard InChI is InChI=1S/C8H12N4/c1-7(12(2)3)4-8-5-10-11-6-9-8/h4-6H,1-3H3. The molecule has 4 nitrogen and oxygen atoms in total. The Hall–Kier alpha value is -1.45. The fourth-order valence-electron chi connectivity index (χ4n) is 0.666. The van der Waals surface area contributed by atoms with Crippen molar-refractivity contribution in [2.75, 3.05) is 14.1 Å². The SMILES string of the molecule is CC(=Cc1cnncn1)N(C)C. The maximum Gasteiger partial charge on any atom is 0.138 e. The Morgan fingerprint density at radius 2 is 2.17 bits per heavy atom. The predicted molar refractivity (Wildman–Crippen MR) is 47.2 cm³/mol. The van der Waals surface area contributed by atoms with Gasteiger partial charge in [0.15, 0.2) is 0 Å². The monoisotopic (exact) mass is 164 g/mol. The highest BCUT2D eigenvalue weighted by atomic mass is 15.1. The maximum atomic E-state index is 4.02. The third-order valence-electron chi connectivity index (χ3n) is 1.58. The molecule has 0 aliphatic heterocycles. The quantitative estimate of drug-likeness (QED) is 0.648. The number of rotatable bonds is 2. The van der Waals surface area contributed by atoms with Gasteiger partial charge in [0.2, 0.25) is 0 Å². The summed E-state index contributed by atoms with van der Waals surface area (Å²) < 4.78 is 0. The lowest BCUT2D eigenvalue weighted by atomic mass is 10.3. The van der Waals surface area contributed by atoms with E-state index in [0.29, 0.717) is 0 Å². The maximum absolute atomic E-state index is 4.02.